The number of likely N-dealkylation sites (N-methyl/N-ethyl adjacent to an activating group) is 1. The van der Waals surface area contributed by atoms with Crippen molar-refractivity contribution in [2.45, 2.75) is 43.6 Å². The molecule has 1 saturated carbocycles. The molecule has 0 saturated heterocycles. The highest BCUT2D eigenvalue weighted by atomic mass is 16.3. The van der Waals surface area contributed by atoms with Gasteiger partial charge < -0.3 is 10.0 Å². The van der Waals surface area contributed by atoms with Crippen LogP contribution in [0.3, 0.4) is 0 Å². The zero-order valence-electron chi connectivity index (χ0n) is 12.5. The van der Waals surface area contributed by atoms with Crippen molar-refractivity contribution in [1.29, 1.82) is 0 Å². The third kappa shape index (κ3) is 3.47. The molecule has 1 atom stereocenters. The van der Waals surface area contributed by atoms with Gasteiger partial charge in [-0.3, -0.25) is 4.79 Å². The van der Waals surface area contributed by atoms with Gasteiger partial charge in [0.1, 0.15) is 6.29 Å². The first kappa shape index (κ1) is 15.2. The van der Waals surface area contributed by atoms with Gasteiger partial charge in [0.25, 0.3) is 0 Å². The lowest BCUT2D eigenvalue weighted by Crippen LogP contribution is -2.42. The molecule has 0 heterocycles. The van der Waals surface area contributed by atoms with E-state index in [0.29, 0.717) is 5.56 Å². The second kappa shape index (κ2) is 6.51. The molecule has 2 rings (SSSR count). The quantitative estimate of drug-likeness (QED) is 0.840. The monoisotopic (exact) mass is 275 g/mol. The lowest BCUT2D eigenvalue weighted by atomic mass is 9.72. The van der Waals surface area contributed by atoms with E-state index in [1.54, 1.807) is 0 Å². The van der Waals surface area contributed by atoms with Gasteiger partial charge in [0.2, 0.25) is 0 Å². The first-order valence-corrected chi connectivity index (χ1v) is 7.47. The largest absolute Gasteiger partial charge is 0.389 e. The van der Waals surface area contributed by atoms with Crippen molar-refractivity contribution < 1.29 is 9.90 Å². The number of benzene rings is 1. The highest BCUT2D eigenvalue weighted by molar-refractivity contribution is 5.74. The number of carbonyl (C=O) groups excluding carboxylic acids is 1. The molecule has 0 unspecified atom stereocenters. The van der Waals surface area contributed by atoms with E-state index in [1.807, 2.05) is 38.4 Å². The number of nitrogens with zero attached hydrogens (tertiary/aromatic N) is 1. The van der Waals surface area contributed by atoms with Crippen molar-refractivity contribution in [1.82, 2.24) is 4.90 Å². The van der Waals surface area contributed by atoms with Gasteiger partial charge in [-0.25, -0.2) is 0 Å². The van der Waals surface area contributed by atoms with E-state index in [2.05, 4.69) is 4.90 Å². The van der Waals surface area contributed by atoms with Crippen LogP contribution in [0.15, 0.2) is 24.3 Å². The third-order valence-electron chi connectivity index (χ3n) is 4.39. The lowest BCUT2D eigenvalue weighted by molar-refractivity contribution is -0.0277. The number of aldehydes is 1. The SMILES string of the molecule is CN(C)C[C@@H](c1ccc(C=O)cc1)C1(O)CCCCC1. The minimum absolute atomic E-state index is 0.110. The van der Waals surface area contributed by atoms with E-state index in [4.69, 9.17) is 0 Å². The fourth-order valence-electron chi connectivity index (χ4n) is 3.27. The van der Waals surface area contributed by atoms with Crippen LogP contribution in [0, 0.1) is 0 Å². The second-order valence-electron chi connectivity index (χ2n) is 6.26. The van der Waals surface area contributed by atoms with Gasteiger partial charge in [-0.15, -0.1) is 0 Å². The van der Waals surface area contributed by atoms with Gasteiger partial charge in [0.15, 0.2) is 0 Å². The molecule has 1 aromatic carbocycles. The summed E-state index contributed by atoms with van der Waals surface area (Å²) in [4.78, 5) is 12.9. The molecular formula is C17H25NO2. The molecule has 1 aliphatic carbocycles. The van der Waals surface area contributed by atoms with Gasteiger partial charge in [-0.2, -0.15) is 0 Å². The van der Waals surface area contributed by atoms with Crippen LogP contribution in [0.2, 0.25) is 0 Å². The standard InChI is InChI=1S/C17H25NO2/c1-18(2)12-16(17(20)10-4-3-5-11-17)15-8-6-14(13-19)7-9-15/h6-9,13,16,20H,3-5,10-12H2,1-2H3/t16-/m0/s1. The predicted octanol–water partition coefficient (Wildman–Crippen LogP) is 2.84. The molecule has 1 aromatic rings. The van der Waals surface area contributed by atoms with Crippen LogP contribution in [0.1, 0.15) is 53.9 Å². The average Bonchev–Trinajstić information content (AvgIpc) is 2.45. The minimum Gasteiger partial charge on any atom is -0.389 e. The van der Waals surface area contributed by atoms with Crippen LogP contribution >= 0.6 is 0 Å². The zero-order valence-corrected chi connectivity index (χ0v) is 12.5. The normalized spacial score (nSPS) is 19.8. The summed E-state index contributed by atoms with van der Waals surface area (Å²) in [6.45, 7) is 0.830. The van der Waals surface area contributed by atoms with E-state index >= 15 is 0 Å². The Bertz CT molecular complexity index is 433. The molecule has 0 aromatic heterocycles. The molecule has 0 radical (unpaired) electrons. The Morgan fingerprint density at radius 3 is 2.30 bits per heavy atom. The molecule has 3 heteroatoms. The Labute approximate surface area is 121 Å². The summed E-state index contributed by atoms with van der Waals surface area (Å²) < 4.78 is 0. The number of rotatable bonds is 5. The maximum absolute atomic E-state index is 11.1. The number of hydrogen-bond donors (Lipinski definition) is 1. The Balaban J connectivity index is 2.27. The summed E-state index contributed by atoms with van der Waals surface area (Å²) in [6, 6.07) is 7.67. The average molecular weight is 275 g/mol. The summed E-state index contributed by atoms with van der Waals surface area (Å²) in [5.74, 6) is 0.110. The fraction of sp³-hybridized carbons (Fsp3) is 0.588. The summed E-state index contributed by atoms with van der Waals surface area (Å²) in [5.41, 5.74) is 1.22. The zero-order chi connectivity index (χ0) is 14.6. The Morgan fingerprint density at radius 1 is 1.20 bits per heavy atom. The van der Waals surface area contributed by atoms with E-state index in [-0.39, 0.29) is 5.92 Å². The van der Waals surface area contributed by atoms with Crippen molar-refractivity contribution in [3.63, 3.8) is 0 Å². The van der Waals surface area contributed by atoms with Crippen LogP contribution in [0.5, 0.6) is 0 Å². The van der Waals surface area contributed by atoms with E-state index in [1.165, 1.54) is 6.42 Å². The maximum Gasteiger partial charge on any atom is 0.150 e. The fourth-order valence-corrected chi connectivity index (χ4v) is 3.27. The Kier molecular flexibility index (Phi) is 4.95. The van der Waals surface area contributed by atoms with Crippen LogP contribution in [0.4, 0.5) is 0 Å². The minimum atomic E-state index is -0.606. The van der Waals surface area contributed by atoms with Crippen LogP contribution in [-0.4, -0.2) is 42.5 Å². The molecule has 0 spiro atoms. The van der Waals surface area contributed by atoms with Crippen LogP contribution < -0.4 is 0 Å². The molecule has 1 aliphatic rings. The van der Waals surface area contributed by atoms with Crippen LogP contribution in [0.25, 0.3) is 0 Å². The van der Waals surface area contributed by atoms with Gasteiger partial charge in [0.05, 0.1) is 5.60 Å². The molecular weight excluding hydrogens is 250 g/mol. The molecule has 0 amide bonds. The van der Waals surface area contributed by atoms with Crippen molar-refractivity contribution >= 4 is 6.29 Å². The summed E-state index contributed by atoms with van der Waals surface area (Å²) in [5, 5.41) is 11.1. The highest BCUT2D eigenvalue weighted by Crippen LogP contribution is 2.40. The van der Waals surface area contributed by atoms with Crippen molar-refractivity contribution in [2.24, 2.45) is 0 Å². The summed E-state index contributed by atoms with van der Waals surface area (Å²) in [6.07, 6.45) is 6.04. The predicted molar refractivity (Wildman–Crippen MR) is 81.2 cm³/mol. The Morgan fingerprint density at radius 2 is 1.80 bits per heavy atom. The second-order valence-corrected chi connectivity index (χ2v) is 6.26. The van der Waals surface area contributed by atoms with E-state index < -0.39 is 5.60 Å². The Hall–Kier alpha value is -1.19. The van der Waals surface area contributed by atoms with E-state index in [9.17, 15) is 9.90 Å². The summed E-state index contributed by atoms with van der Waals surface area (Å²) >= 11 is 0. The first-order valence-electron chi connectivity index (χ1n) is 7.47. The molecule has 0 aliphatic heterocycles. The smallest absolute Gasteiger partial charge is 0.150 e. The molecule has 20 heavy (non-hydrogen) atoms. The third-order valence-corrected chi connectivity index (χ3v) is 4.39. The number of aliphatic hydroxyl groups is 1. The van der Waals surface area contributed by atoms with Crippen molar-refractivity contribution in [3.05, 3.63) is 35.4 Å². The highest BCUT2D eigenvalue weighted by Gasteiger charge is 2.38. The topological polar surface area (TPSA) is 40.5 Å². The molecule has 110 valence electrons. The number of hydrogen-bond acceptors (Lipinski definition) is 3. The first-order chi connectivity index (χ1) is 9.55. The van der Waals surface area contributed by atoms with Crippen molar-refractivity contribution in [2.75, 3.05) is 20.6 Å². The van der Waals surface area contributed by atoms with Crippen LogP contribution in [-0.2, 0) is 0 Å². The molecule has 0 bridgehead atoms. The lowest BCUT2D eigenvalue weighted by Gasteiger charge is -2.40. The van der Waals surface area contributed by atoms with Gasteiger partial charge in [-0.05, 0) is 32.5 Å². The maximum atomic E-state index is 11.1. The van der Waals surface area contributed by atoms with E-state index in [0.717, 1.165) is 44.1 Å². The molecule has 3 nitrogen and oxygen atoms in total. The van der Waals surface area contributed by atoms with Gasteiger partial charge >= 0.3 is 0 Å². The number of carbonyl (C=O) groups is 1. The molecule has 1 fully saturated rings. The van der Waals surface area contributed by atoms with Crippen molar-refractivity contribution in [3.8, 4) is 0 Å². The van der Waals surface area contributed by atoms with Gasteiger partial charge in [0, 0.05) is 18.0 Å². The van der Waals surface area contributed by atoms with Gasteiger partial charge in [-0.1, -0.05) is 43.5 Å². The molecule has 1 N–H and O–H groups in total. The summed E-state index contributed by atoms with van der Waals surface area (Å²) in [7, 11) is 4.08.